The molecule has 2 aromatic rings. The van der Waals surface area contributed by atoms with Gasteiger partial charge < -0.3 is 25.3 Å². The van der Waals surface area contributed by atoms with Gasteiger partial charge in [0.25, 0.3) is 0 Å². The molecule has 3 rings (SSSR count). The van der Waals surface area contributed by atoms with Gasteiger partial charge in [0.2, 0.25) is 11.8 Å². The largest absolute Gasteiger partial charge is 0.353 e. The van der Waals surface area contributed by atoms with Gasteiger partial charge in [-0.25, -0.2) is 0 Å². The molecule has 5 atom stereocenters. The number of Topliss-reactive ketones (excluding diaryl/α,β-unsaturated/α-hetero) is 1. The fraction of sp³-hybridized carbons (Fsp3) is 0.519. The van der Waals surface area contributed by atoms with Crippen LogP contribution in [0.5, 0.6) is 0 Å². The molecule has 11 nitrogen and oxygen atoms in total. The van der Waals surface area contributed by atoms with Crippen molar-refractivity contribution in [3.63, 3.8) is 0 Å². The Morgan fingerprint density at radius 3 is 2.67 bits per heavy atom. The third kappa shape index (κ3) is 9.07. The maximum atomic E-state index is 13.1. The lowest BCUT2D eigenvalue weighted by atomic mass is 9.90. The third-order valence-corrected chi connectivity index (χ3v) is 7.40. The molecule has 1 fully saturated rings. The molecule has 0 radical (unpaired) electrons. The average molecular weight is 561 g/mol. The molecule has 0 saturated carbocycles. The van der Waals surface area contributed by atoms with Gasteiger partial charge in [0.05, 0.1) is 25.6 Å². The molecule has 212 valence electrons. The van der Waals surface area contributed by atoms with Gasteiger partial charge >= 0.3 is 0 Å². The monoisotopic (exact) mass is 560 g/mol. The van der Waals surface area contributed by atoms with Crippen LogP contribution < -0.4 is 16.1 Å². The number of amides is 2. The van der Waals surface area contributed by atoms with Crippen LogP contribution in [0.1, 0.15) is 32.3 Å². The Bertz CT molecular complexity index is 1130. The number of rotatable bonds is 15. The predicted molar refractivity (Wildman–Crippen MR) is 148 cm³/mol. The summed E-state index contributed by atoms with van der Waals surface area (Å²) in [5.74, 6) is 0.453. The number of hydroxylamine groups is 1. The van der Waals surface area contributed by atoms with Crippen LogP contribution in [0.25, 0.3) is 10.8 Å². The number of carbonyl (C=O) groups excluding carboxylic acids is 3. The van der Waals surface area contributed by atoms with Crippen LogP contribution in [0, 0.1) is 4.91 Å². The summed E-state index contributed by atoms with van der Waals surface area (Å²) in [7, 11) is 0. The lowest BCUT2D eigenvalue weighted by molar-refractivity contribution is -0.216. The first kappa shape index (κ1) is 30.6. The van der Waals surface area contributed by atoms with Crippen molar-refractivity contribution >= 4 is 40.1 Å². The Morgan fingerprint density at radius 1 is 1.21 bits per heavy atom. The van der Waals surface area contributed by atoms with Crippen LogP contribution in [0.2, 0.25) is 0 Å². The number of nitrogens with zero attached hydrogens (tertiary/aromatic N) is 1. The molecule has 0 bridgehead atoms. The molecular formula is C27H36N4O7S. The van der Waals surface area contributed by atoms with Gasteiger partial charge in [-0.2, -0.15) is 22.1 Å². The zero-order chi connectivity index (χ0) is 28.2. The standard InChI is InChI=1S/C27H36N4O7S/c1-3-39-12-6-11-37-24-15-21(30-35)25(29-17(2)32)27(38-24)26(31-36)22(33)16-28-23(34)14-18-9-10-19-7-4-5-8-20(19)13-18/h4-5,7-10,13,21,24-27,31,36H,3,6,11-12,14-16H2,1-2H3,(H,28,34)(H,29,32). The van der Waals surface area contributed by atoms with E-state index in [1.165, 1.54) is 6.92 Å². The first-order valence-corrected chi connectivity index (χ1v) is 14.1. The van der Waals surface area contributed by atoms with Gasteiger partial charge in [-0.1, -0.05) is 54.6 Å². The van der Waals surface area contributed by atoms with E-state index in [9.17, 15) is 24.5 Å². The molecular weight excluding hydrogens is 524 g/mol. The molecule has 2 aromatic carbocycles. The first-order valence-electron chi connectivity index (χ1n) is 13.0. The fourth-order valence-electron chi connectivity index (χ4n) is 4.53. The summed E-state index contributed by atoms with van der Waals surface area (Å²) in [6.07, 6.45) is -1.12. The maximum absolute atomic E-state index is 13.1. The highest BCUT2D eigenvalue weighted by molar-refractivity contribution is 7.99. The number of fused-ring (bicyclic) bond motifs is 1. The summed E-state index contributed by atoms with van der Waals surface area (Å²) < 4.78 is 11.7. The number of carbonyl (C=O) groups is 3. The van der Waals surface area contributed by atoms with Gasteiger partial charge in [-0.05, 0) is 34.3 Å². The Morgan fingerprint density at radius 2 is 1.97 bits per heavy atom. The Kier molecular flexibility index (Phi) is 12.3. The lowest BCUT2D eigenvalue weighted by Gasteiger charge is -2.41. The smallest absolute Gasteiger partial charge is 0.224 e. The Hall–Kier alpha value is -2.90. The van der Waals surface area contributed by atoms with Crippen LogP contribution in [0.4, 0.5) is 0 Å². The van der Waals surface area contributed by atoms with E-state index in [2.05, 4.69) is 22.7 Å². The lowest BCUT2D eigenvalue weighted by Crippen LogP contribution is -2.65. The van der Waals surface area contributed by atoms with E-state index in [-0.39, 0.29) is 18.7 Å². The van der Waals surface area contributed by atoms with Crippen molar-refractivity contribution in [2.75, 3.05) is 24.7 Å². The van der Waals surface area contributed by atoms with E-state index >= 15 is 0 Å². The number of ketones is 1. The molecule has 0 aromatic heterocycles. The zero-order valence-corrected chi connectivity index (χ0v) is 22.9. The molecule has 1 heterocycles. The minimum Gasteiger partial charge on any atom is -0.353 e. The second-order valence-corrected chi connectivity index (χ2v) is 10.7. The molecule has 0 spiro atoms. The van der Waals surface area contributed by atoms with Crippen molar-refractivity contribution in [3.05, 3.63) is 52.9 Å². The van der Waals surface area contributed by atoms with Gasteiger partial charge in [0.1, 0.15) is 18.2 Å². The summed E-state index contributed by atoms with van der Waals surface area (Å²) in [5.41, 5.74) is 2.72. The summed E-state index contributed by atoms with van der Waals surface area (Å²) in [4.78, 5) is 49.2. The number of nitrogens with one attached hydrogen (secondary N) is 3. The predicted octanol–water partition coefficient (Wildman–Crippen LogP) is 2.33. The van der Waals surface area contributed by atoms with E-state index in [1.54, 1.807) is 11.8 Å². The van der Waals surface area contributed by atoms with E-state index in [1.807, 2.05) is 47.9 Å². The van der Waals surface area contributed by atoms with E-state index in [0.717, 1.165) is 34.3 Å². The van der Waals surface area contributed by atoms with Crippen LogP contribution in [-0.2, 0) is 30.3 Å². The van der Waals surface area contributed by atoms with Crippen molar-refractivity contribution in [3.8, 4) is 0 Å². The second kappa shape index (κ2) is 15.6. The number of hydrogen-bond donors (Lipinski definition) is 4. The summed E-state index contributed by atoms with van der Waals surface area (Å²) in [6.45, 7) is 3.30. The second-order valence-electron chi connectivity index (χ2n) is 9.29. The molecule has 1 saturated heterocycles. The third-order valence-electron chi connectivity index (χ3n) is 6.41. The van der Waals surface area contributed by atoms with Crippen molar-refractivity contribution in [1.82, 2.24) is 16.1 Å². The van der Waals surface area contributed by atoms with Crippen LogP contribution in [-0.4, -0.2) is 78.0 Å². The van der Waals surface area contributed by atoms with Crippen LogP contribution in [0.15, 0.2) is 47.6 Å². The molecule has 1 aliphatic rings. The quantitative estimate of drug-likeness (QED) is 0.146. The molecule has 0 aliphatic carbocycles. The molecule has 4 N–H and O–H groups in total. The first-order chi connectivity index (χ1) is 18.9. The van der Waals surface area contributed by atoms with Crippen molar-refractivity contribution in [2.45, 2.75) is 63.6 Å². The van der Waals surface area contributed by atoms with Crippen molar-refractivity contribution < 1.29 is 29.1 Å². The summed E-state index contributed by atoms with van der Waals surface area (Å²) >= 11 is 1.77. The van der Waals surface area contributed by atoms with Gasteiger partial charge in [-0.3, -0.25) is 14.4 Å². The Labute approximate surface area is 231 Å². The minimum atomic E-state index is -1.37. The summed E-state index contributed by atoms with van der Waals surface area (Å²) in [5, 5.41) is 20.3. The normalized spacial score (nSPS) is 21.7. The number of nitroso groups, excluding NO2 is 1. The Balaban J connectivity index is 1.64. The number of benzene rings is 2. The van der Waals surface area contributed by atoms with Gasteiger partial charge in [0, 0.05) is 13.3 Å². The minimum absolute atomic E-state index is 0.0626. The zero-order valence-electron chi connectivity index (χ0n) is 22.1. The molecule has 1 aliphatic heterocycles. The van der Waals surface area contributed by atoms with Crippen molar-refractivity contribution in [1.29, 1.82) is 0 Å². The molecule has 5 unspecified atom stereocenters. The van der Waals surface area contributed by atoms with E-state index < -0.39 is 48.8 Å². The topological polar surface area (TPSA) is 155 Å². The highest BCUT2D eigenvalue weighted by Crippen LogP contribution is 2.26. The van der Waals surface area contributed by atoms with Gasteiger partial charge in [-0.15, -0.1) is 0 Å². The van der Waals surface area contributed by atoms with Crippen LogP contribution in [0.3, 0.4) is 0 Å². The molecule has 2 amide bonds. The van der Waals surface area contributed by atoms with Gasteiger partial charge in [0.15, 0.2) is 12.1 Å². The molecule has 39 heavy (non-hydrogen) atoms. The fourth-order valence-corrected chi connectivity index (χ4v) is 5.14. The van der Waals surface area contributed by atoms with Crippen molar-refractivity contribution in [2.24, 2.45) is 5.18 Å². The van der Waals surface area contributed by atoms with E-state index in [0.29, 0.717) is 6.61 Å². The SMILES string of the molecule is CCSCCCOC1CC(N=O)C(NC(C)=O)C(C(NO)C(=O)CNC(=O)Cc2ccc3ccccc3c2)O1. The maximum Gasteiger partial charge on any atom is 0.224 e. The molecule has 12 heteroatoms. The van der Waals surface area contributed by atoms with E-state index in [4.69, 9.17) is 9.47 Å². The highest BCUT2D eigenvalue weighted by Gasteiger charge is 2.46. The highest BCUT2D eigenvalue weighted by atomic mass is 32.2. The number of hydrogen-bond acceptors (Lipinski definition) is 10. The number of ether oxygens (including phenoxy) is 2. The van der Waals surface area contributed by atoms with Crippen LogP contribution >= 0.6 is 11.8 Å². The summed E-state index contributed by atoms with van der Waals surface area (Å²) in [6, 6.07) is 10.2. The average Bonchev–Trinajstić information content (AvgIpc) is 2.92. The number of thioether (sulfide) groups is 1.